The monoisotopic (exact) mass is 505 g/mol. The van der Waals surface area contributed by atoms with Crippen molar-refractivity contribution in [3.8, 4) is 5.75 Å². The molecule has 28 heavy (non-hydrogen) atoms. The van der Waals surface area contributed by atoms with Crippen LogP contribution in [0.15, 0.2) is 29.3 Å². The molecular weight excluding hydrogens is 473 g/mol. The molecule has 1 amide bonds. The summed E-state index contributed by atoms with van der Waals surface area (Å²) in [5, 5.41) is 15.6. The summed E-state index contributed by atoms with van der Waals surface area (Å²) in [6.45, 7) is 8.20. The van der Waals surface area contributed by atoms with E-state index >= 15 is 0 Å². The lowest BCUT2D eigenvalue weighted by Gasteiger charge is -2.36. The van der Waals surface area contributed by atoms with Crippen molar-refractivity contribution in [2.75, 3.05) is 59.5 Å². The Morgan fingerprint density at radius 2 is 1.86 bits per heavy atom. The van der Waals surface area contributed by atoms with E-state index in [9.17, 15) is 9.90 Å². The van der Waals surface area contributed by atoms with Gasteiger partial charge >= 0.3 is 0 Å². The molecule has 158 valence electrons. The van der Waals surface area contributed by atoms with Gasteiger partial charge in [0.2, 0.25) is 5.91 Å². The number of amides is 1. The largest absolute Gasteiger partial charge is 0.508 e. The first-order chi connectivity index (χ1) is 13.1. The van der Waals surface area contributed by atoms with Crippen LogP contribution in [0.5, 0.6) is 5.75 Å². The van der Waals surface area contributed by atoms with Crippen LogP contribution in [0.1, 0.15) is 12.5 Å². The topological polar surface area (TPSA) is 89.4 Å². The van der Waals surface area contributed by atoms with Crippen LogP contribution in [0.25, 0.3) is 0 Å². The first-order valence-electron chi connectivity index (χ1n) is 9.41. The van der Waals surface area contributed by atoms with Crippen molar-refractivity contribution >= 4 is 35.8 Å². The van der Waals surface area contributed by atoms with Crippen molar-refractivity contribution in [3.63, 3.8) is 0 Å². The summed E-state index contributed by atoms with van der Waals surface area (Å²) in [6, 6.07) is 7.10. The lowest BCUT2D eigenvalue weighted by molar-refractivity contribution is -0.122. The molecule has 0 aromatic heterocycles. The van der Waals surface area contributed by atoms with Crippen molar-refractivity contribution in [2.45, 2.75) is 13.5 Å². The van der Waals surface area contributed by atoms with Gasteiger partial charge in [-0.05, 0) is 24.6 Å². The average Bonchev–Trinajstić information content (AvgIpc) is 2.67. The van der Waals surface area contributed by atoms with Crippen LogP contribution in [0.2, 0.25) is 0 Å². The van der Waals surface area contributed by atoms with Crippen molar-refractivity contribution in [2.24, 2.45) is 4.99 Å². The molecule has 1 aliphatic heterocycles. The number of phenols is 1. The Hall–Kier alpha value is -1.59. The van der Waals surface area contributed by atoms with E-state index in [-0.39, 0.29) is 35.6 Å². The zero-order chi connectivity index (χ0) is 19.5. The Bertz CT molecular complexity index is 604. The molecule has 1 aromatic rings. The van der Waals surface area contributed by atoms with Gasteiger partial charge in [0.1, 0.15) is 5.75 Å². The maximum atomic E-state index is 11.9. The number of hydrogen-bond acceptors (Lipinski definition) is 5. The molecule has 1 heterocycles. The van der Waals surface area contributed by atoms with Gasteiger partial charge in [0.15, 0.2) is 5.96 Å². The highest BCUT2D eigenvalue weighted by atomic mass is 127. The highest BCUT2D eigenvalue weighted by Gasteiger charge is 2.21. The fourth-order valence-electron chi connectivity index (χ4n) is 2.86. The van der Waals surface area contributed by atoms with Crippen LogP contribution < -0.4 is 10.6 Å². The van der Waals surface area contributed by atoms with Crippen LogP contribution in [0.3, 0.4) is 0 Å². The van der Waals surface area contributed by atoms with Crippen molar-refractivity contribution in [1.29, 1.82) is 0 Å². The van der Waals surface area contributed by atoms with Gasteiger partial charge in [-0.3, -0.25) is 9.69 Å². The van der Waals surface area contributed by atoms with E-state index in [1.807, 2.05) is 12.1 Å². The molecule has 0 radical (unpaired) electrons. The second-order valence-electron chi connectivity index (χ2n) is 6.44. The fourth-order valence-corrected chi connectivity index (χ4v) is 2.86. The number of nitrogens with one attached hydrogen (secondary N) is 2. The van der Waals surface area contributed by atoms with Gasteiger partial charge in [0, 0.05) is 46.4 Å². The lowest BCUT2D eigenvalue weighted by Crippen LogP contribution is -2.54. The maximum Gasteiger partial charge on any atom is 0.234 e. The van der Waals surface area contributed by atoms with E-state index in [4.69, 9.17) is 9.73 Å². The number of aromatic hydroxyl groups is 1. The number of guanidine groups is 1. The SMILES string of the molecule is CCNC(=NCc1ccc(O)cc1)N1CCN(CC(=O)NCCOC)CC1.I. The number of carbonyl (C=O) groups excluding carboxylic acids is 1. The molecule has 1 aromatic carbocycles. The maximum absolute atomic E-state index is 11.9. The van der Waals surface area contributed by atoms with Crippen LogP contribution in [-0.2, 0) is 16.1 Å². The zero-order valence-electron chi connectivity index (χ0n) is 16.7. The van der Waals surface area contributed by atoms with Crippen LogP contribution in [0.4, 0.5) is 0 Å². The fraction of sp³-hybridized carbons (Fsp3) is 0.579. The predicted molar refractivity (Wildman–Crippen MR) is 121 cm³/mol. The molecule has 0 atom stereocenters. The first kappa shape index (κ1) is 24.4. The summed E-state index contributed by atoms with van der Waals surface area (Å²) < 4.78 is 4.94. The lowest BCUT2D eigenvalue weighted by atomic mass is 10.2. The van der Waals surface area contributed by atoms with Gasteiger partial charge in [-0.1, -0.05) is 12.1 Å². The Balaban J connectivity index is 0.00000392. The molecule has 0 spiro atoms. The number of hydrogen-bond donors (Lipinski definition) is 3. The standard InChI is InChI=1S/C19H31N5O3.HI/c1-3-20-19(22-14-16-4-6-17(25)7-5-16)24-11-9-23(10-12-24)15-18(26)21-8-13-27-2;/h4-7,25H,3,8-15H2,1-2H3,(H,20,22)(H,21,26);1H. The third kappa shape index (κ3) is 8.61. The number of phenolic OH excluding ortho intramolecular Hbond substituents is 1. The van der Waals surface area contributed by atoms with Crippen molar-refractivity contribution in [1.82, 2.24) is 20.4 Å². The Labute approximate surface area is 184 Å². The van der Waals surface area contributed by atoms with Gasteiger partial charge in [-0.2, -0.15) is 0 Å². The second kappa shape index (κ2) is 13.6. The molecule has 0 unspecified atom stereocenters. The molecule has 1 aliphatic rings. The number of halogens is 1. The Morgan fingerprint density at radius 1 is 1.18 bits per heavy atom. The smallest absolute Gasteiger partial charge is 0.234 e. The molecule has 9 heteroatoms. The highest BCUT2D eigenvalue weighted by Crippen LogP contribution is 2.11. The van der Waals surface area contributed by atoms with Crippen LogP contribution in [-0.4, -0.2) is 86.3 Å². The molecule has 8 nitrogen and oxygen atoms in total. The van der Waals surface area contributed by atoms with E-state index < -0.39 is 0 Å². The quantitative estimate of drug-likeness (QED) is 0.210. The number of benzene rings is 1. The summed E-state index contributed by atoms with van der Waals surface area (Å²) in [5.41, 5.74) is 1.05. The first-order valence-corrected chi connectivity index (χ1v) is 9.41. The second-order valence-corrected chi connectivity index (χ2v) is 6.44. The minimum absolute atomic E-state index is 0. The van der Waals surface area contributed by atoms with E-state index in [1.54, 1.807) is 19.2 Å². The van der Waals surface area contributed by atoms with E-state index in [1.165, 1.54) is 0 Å². The van der Waals surface area contributed by atoms with Gasteiger partial charge in [-0.25, -0.2) is 4.99 Å². The van der Waals surface area contributed by atoms with Gasteiger partial charge < -0.3 is 25.4 Å². The Kier molecular flexibility index (Phi) is 11.8. The summed E-state index contributed by atoms with van der Waals surface area (Å²) in [5.74, 6) is 1.18. The number of piperazine rings is 1. The van der Waals surface area contributed by atoms with Gasteiger partial charge in [0.05, 0.1) is 19.7 Å². The third-order valence-corrected chi connectivity index (χ3v) is 4.35. The molecule has 1 saturated heterocycles. The molecule has 3 N–H and O–H groups in total. The molecular formula is C19H32IN5O3. The van der Waals surface area contributed by atoms with Crippen LogP contribution in [0, 0.1) is 0 Å². The number of rotatable bonds is 8. The van der Waals surface area contributed by atoms with Gasteiger partial charge in [-0.15, -0.1) is 24.0 Å². The van der Waals surface area contributed by atoms with Crippen molar-refractivity contribution in [3.05, 3.63) is 29.8 Å². The number of ether oxygens (including phenoxy) is 1. The summed E-state index contributed by atoms with van der Waals surface area (Å²) in [6.07, 6.45) is 0. The average molecular weight is 505 g/mol. The number of aliphatic imine (C=N–C) groups is 1. The summed E-state index contributed by atoms with van der Waals surface area (Å²) in [4.78, 5) is 21.0. The molecule has 2 rings (SSSR count). The van der Waals surface area contributed by atoms with Gasteiger partial charge in [0.25, 0.3) is 0 Å². The molecule has 0 aliphatic carbocycles. The minimum Gasteiger partial charge on any atom is -0.508 e. The summed E-state index contributed by atoms with van der Waals surface area (Å²) in [7, 11) is 1.62. The zero-order valence-corrected chi connectivity index (χ0v) is 19.0. The highest BCUT2D eigenvalue weighted by molar-refractivity contribution is 14.0. The third-order valence-electron chi connectivity index (χ3n) is 4.35. The number of carbonyl (C=O) groups is 1. The normalized spacial score (nSPS) is 15.1. The number of methoxy groups -OCH3 is 1. The van der Waals surface area contributed by atoms with E-state index in [0.717, 1.165) is 44.2 Å². The molecule has 0 saturated carbocycles. The van der Waals surface area contributed by atoms with E-state index in [2.05, 4.69) is 27.4 Å². The molecule has 1 fully saturated rings. The number of nitrogens with zero attached hydrogens (tertiary/aromatic N) is 3. The predicted octanol–water partition coefficient (Wildman–Crippen LogP) is 0.856. The van der Waals surface area contributed by atoms with Crippen LogP contribution >= 0.6 is 24.0 Å². The van der Waals surface area contributed by atoms with Crippen molar-refractivity contribution < 1.29 is 14.6 Å². The Morgan fingerprint density at radius 3 is 2.46 bits per heavy atom. The summed E-state index contributed by atoms with van der Waals surface area (Å²) >= 11 is 0. The molecule has 0 bridgehead atoms. The minimum atomic E-state index is 0. The van der Waals surface area contributed by atoms with E-state index in [0.29, 0.717) is 26.2 Å².